The third kappa shape index (κ3) is 3.07. The molecule has 7 nitrogen and oxygen atoms in total. The molecule has 2 aliphatic heterocycles. The fourth-order valence-corrected chi connectivity index (χ4v) is 4.66. The lowest BCUT2D eigenvalue weighted by atomic mass is 10.0. The molecule has 2 fully saturated rings. The van der Waals surface area contributed by atoms with Gasteiger partial charge in [-0.1, -0.05) is 12.8 Å². The number of carbonyl (C=O) groups excluding carboxylic acids is 1. The number of hydrogen-bond acceptors (Lipinski definition) is 4. The number of hydroxylamine groups is 1. The fourth-order valence-electron chi connectivity index (χ4n) is 2.76. The second-order valence-corrected chi connectivity index (χ2v) is 6.95. The molecular formula is C11H21N3O4S. The molecule has 0 saturated carbocycles. The highest BCUT2D eigenvalue weighted by Crippen LogP contribution is 2.24. The summed E-state index contributed by atoms with van der Waals surface area (Å²) < 4.78 is 27.8. The number of carbonyl (C=O) groups is 1. The minimum atomic E-state index is -3.59. The molecule has 0 spiro atoms. The molecule has 0 bridgehead atoms. The Balaban J connectivity index is 2.18. The van der Waals surface area contributed by atoms with Crippen molar-refractivity contribution in [2.24, 2.45) is 0 Å². The van der Waals surface area contributed by atoms with Crippen molar-refractivity contribution in [2.75, 3.05) is 19.6 Å². The first-order valence-electron chi connectivity index (χ1n) is 6.78. The Hall–Kier alpha value is -0.700. The molecule has 0 aliphatic carbocycles. The van der Waals surface area contributed by atoms with Crippen molar-refractivity contribution in [1.29, 1.82) is 0 Å². The van der Waals surface area contributed by atoms with Gasteiger partial charge in [0.25, 0.3) is 16.1 Å². The van der Waals surface area contributed by atoms with Crippen molar-refractivity contribution in [3.8, 4) is 0 Å². The minimum absolute atomic E-state index is 0.344. The van der Waals surface area contributed by atoms with Crippen LogP contribution in [-0.4, -0.2) is 53.8 Å². The van der Waals surface area contributed by atoms with Crippen LogP contribution in [0.4, 0.5) is 0 Å². The predicted molar refractivity (Wildman–Crippen MR) is 68.6 cm³/mol. The van der Waals surface area contributed by atoms with Crippen LogP contribution in [0.2, 0.25) is 0 Å². The Labute approximate surface area is 113 Å². The van der Waals surface area contributed by atoms with Gasteiger partial charge < -0.3 is 0 Å². The second kappa shape index (κ2) is 6.17. The summed E-state index contributed by atoms with van der Waals surface area (Å²) in [5.74, 6) is -0.639. The average Bonchev–Trinajstić information content (AvgIpc) is 2.47. The number of nitrogens with one attached hydrogen (secondary N) is 1. The van der Waals surface area contributed by atoms with Crippen LogP contribution in [0.15, 0.2) is 0 Å². The molecule has 0 aromatic heterocycles. The highest BCUT2D eigenvalue weighted by atomic mass is 32.2. The number of rotatable bonds is 3. The third-order valence-corrected chi connectivity index (χ3v) is 5.85. The summed E-state index contributed by atoms with van der Waals surface area (Å²) in [7, 11) is -3.59. The van der Waals surface area contributed by atoms with E-state index < -0.39 is 22.2 Å². The first kappa shape index (κ1) is 14.7. The van der Waals surface area contributed by atoms with Crippen molar-refractivity contribution in [3.63, 3.8) is 0 Å². The standard InChI is InChI=1S/C11H21N3O4S/c15-11(12-16)10-6-2-5-9-14(10)19(17,18)13-7-3-1-4-8-13/h10,16H,1-9H2,(H,12,15). The van der Waals surface area contributed by atoms with Crippen LogP contribution in [0, 0.1) is 0 Å². The lowest BCUT2D eigenvalue weighted by Gasteiger charge is -2.37. The monoisotopic (exact) mass is 291 g/mol. The minimum Gasteiger partial charge on any atom is -0.289 e. The quantitative estimate of drug-likeness (QED) is 0.569. The molecule has 2 N–H and O–H groups in total. The van der Waals surface area contributed by atoms with Crippen LogP contribution in [0.1, 0.15) is 38.5 Å². The molecular weight excluding hydrogens is 270 g/mol. The van der Waals surface area contributed by atoms with Gasteiger partial charge in [0.1, 0.15) is 6.04 Å². The first-order valence-corrected chi connectivity index (χ1v) is 8.18. The van der Waals surface area contributed by atoms with E-state index in [9.17, 15) is 13.2 Å². The van der Waals surface area contributed by atoms with Gasteiger partial charge in [0.15, 0.2) is 0 Å². The van der Waals surface area contributed by atoms with Gasteiger partial charge in [0.2, 0.25) is 0 Å². The van der Waals surface area contributed by atoms with E-state index in [2.05, 4.69) is 0 Å². The number of amides is 1. The van der Waals surface area contributed by atoms with E-state index in [-0.39, 0.29) is 0 Å². The Kier molecular flexibility index (Phi) is 4.77. The van der Waals surface area contributed by atoms with E-state index in [0.29, 0.717) is 26.1 Å². The zero-order chi connectivity index (χ0) is 13.9. The maximum atomic E-state index is 12.6. The summed E-state index contributed by atoms with van der Waals surface area (Å²) in [6.07, 6.45) is 4.78. The number of nitrogens with zero attached hydrogens (tertiary/aromatic N) is 2. The first-order chi connectivity index (χ1) is 9.07. The molecule has 1 amide bonds. The zero-order valence-corrected chi connectivity index (χ0v) is 11.7. The molecule has 0 radical (unpaired) electrons. The molecule has 0 aromatic carbocycles. The lowest BCUT2D eigenvalue weighted by molar-refractivity contribution is -0.134. The molecule has 0 aromatic rings. The van der Waals surface area contributed by atoms with Crippen LogP contribution < -0.4 is 5.48 Å². The molecule has 2 heterocycles. The van der Waals surface area contributed by atoms with E-state index in [1.54, 1.807) is 5.48 Å². The highest BCUT2D eigenvalue weighted by molar-refractivity contribution is 7.86. The van der Waals surface area contributed by atoms with Gasteiger partial charge in [-0.05, 0) is 25.7 Å². The van der Waals surface area contributed by atoms with Gasteiger partial charge in [-0.25, -0.2) is 5.48 Å². The summed E-state index contributed by atoms with van der Waals surface area (Å²) in [5, 5.41) is 8.75. The number of piperidine rings is 2. The Bertz CT molecular complexity index is 420. The van der Waals surface area contributed by atoms with Gasteiger partial charge in [0, 0.05) is 19.6 Å². The highest BCUT2D eigenvalue weighted by Gasteiger charge is 2.40. The van der Waals surface area contributed by atoms with Gasteiger partial charge in [-0.2, -0.15) is 17.0 Å². The van der Waals surface area contributed by atoms with Crippen LogP contribution in [-0.2, 0) is 15.0 Å². The third-order valence-electron chi connectivity index (χ3n) is 3.80. The molecule has 8 heteroatoms. The van der Waals surface area contributed by atoms with E-state index in [0.717, 1.165) is 32.1 Å². The smallest absolute Gasteiger partial charge is 0.282 e. The summed E-state index contributed by atoms with van der Waals surface area (Å²) in [5.41, 5.74) is 1.58. The van der Waals surface area contributed by atoms with E-state index in [1.165, 1.54) is 8.61 Å². The largest absolute Gasteiger partial charge is 0.289 e. The molecule has 2 aliphatic rings. The maximum Gasteiger partial charge on any atom is 0.282 e. The van der Waals surface area contributed by atoms with Crippen molar-refractivity contribution in [1.82, 2.24) is 14.1 Å². The predicted octanol–water partition coefficient (Wildman–Crippen LogP) is 0.0770. The Morgan fingerprint density at radius 1 is 1.05 bits per heavy atom. The van der Waals surface area contributed by atoms with Crippen LogP contribution >= 0.6 is 0 Å². The van der Waals surface area contributed by atoms with Gasteiger partial charge in [-0.15, -0.1) is 0 Å². The van der Waals surface area contributed by atoms with Crippen LogP contribution in [0.25, 0.3) is 0 Å². The molecule has 110 valence electrons. The molecule has 2 saturated heterocycles. The fraction of sp³-hybridized carbons (Fsp3) is 0.909. The number of hydrogen-bond donors (Lipinski definition) is 2. The molecule has 1 atom stereocenters. The summed E-state index contributed by atoms with van der Waals surface area (Å²) in [6, 6.07) is -0.786. The van der Waals surface area contributed by atoms with Crippen molar-refractivity contribution in [2.45, 2.75) is 44.6 Å². The normalized spacial score (nSPS) is 27.1. The van der Waals surface area contributed by atoms with Crippen molar-refractivity contribution in [3.05, 3.63) is 0 Å². The van der Waals surface area contributed by atoms with Crippen molar-refractivity contribution >= 4 is 16.1 Å². The molecule has 2 rings (SSSR count). The Morgan fingerprint density at radius 2 is 1.68 bits per heavy atom. The summed E-state index contributed by atoms with van der Waals surface area (Å²) in [6.45, 7) is 1.38. The molecule has 19 heavy (non-hydrogen) atoms. The van der Waals surface area contributed by atoms with E-state index in [1.807, 2.05) is 0 Å². The lowest BCUT2D eigenvalue weighted by Crippen LogP contribution is -2.56. The topological polar surface area (TPSA) is 90.0 Å². The SMILES string of the molecule is O=C(NO)C1CCCCN1S(=O)(=O)N1CCCCC1. The summed E-state index contributed by atoms with van der Waals surface area (Å²) in [4.78, 5) is 11.6. The van der Waals surface area contributed by atoms with Gasteiger partial charge in [-0.3, -0.25) is 10.0 Å². The second-order valence-electron chi connectivity index (χ2n) is 5.07. The van der Waals surface area contributed by atoms with E-state index in [4.69, 9.17) is 5.21 Å². The summed E-state index contributed by atoms with van der Waals surface area (Å²) >= 11 is 0. The van der Waals surface area contributed by atoms with E-state index >= 15 is 0 Å². The Morgan fingerprint density at radius 3 is 2.32 bits per heavy atom. The van der Waals surface area contributed by atoms with Gasteiger partial charge >= 0.3 is 0 Å². The zero-order valence-electron chi connectivity index (χ0n) is 10.9. The van der Waals surface area contributed by atoms with Gasteiger partial charge in [0.05, 0.1) is 0 Å². The van der Waals surface area contributed by atoms with Crippen molar-refractivity contribution < 1.29 is 18.4 Å². The molecule has 1 unspecified atom stereocenters. The van der Waals surface area contributed by atoms with Crippen LogP contribution in [0.5, 0.6) is 0 Å². The van der Waals surface area contributed by atoms with Crippen LogP contribution in [0.3, 0.4) is 0 Å². The maximum absolute atomic E-state index is 12.6. The average molecular weight is 291 g/mol.